The Morgan fingerprint density at radius 1 is 1.21 bits per heavy atom. The zero-order chi connectivity index (χ0) is 14.0. The molecule has 4 nitrogen and oxygen atoms in total. The number of rotatable bonds is 3. The molecule has 1 heterocycles. The summed E-state index contributed by atoms with van der Waals surface area (Å²) in [4.78, 5) is 0. The quantitative estimate of drug-likeness (QED) is 0.662. The maximum Gasteiger partial charge on any atom is 0.416 e. The van der Waals surface area contributed by atoms with E-state index in [0.29, 0.717) is 5.56 Å². The van der Waals surface area contributed by atoms with E-state index in [1.807, 2.05) is 0 Å². The minimum atomic E-state index is -4.33. The summed E-state index contributed by atoms with van der Waals surface area (Å²) in [6.07, 6.45) is -0.969. The molecule has 1 aromatic carbocycles. The molecule has 0 saturated heterocycles. The van der Waals surface area contributed by atoms with Crippen LogP contribution in [0.2, 0.25) is 0 Å². The molecule has 0 amide bonds. The molecule has 0 aliphatic heterocycles. The first-order chi connectivity index (χ1) is 8.91. The maximum absolute atomic E-state index is 12.5. The molecule has 0 aliphatic carbocycles. The summed E-state index contributed by atoms with van der Waals surface area (Å²) in [5.41, 5.74) is 3.31. The molecule has 1 unspecified atom stereocenters. The van der Waals surface area contributed by atoms with E-state index in [1.165, 1.54) is 12.1 Å². The van der Waals surface area contributed by atoms with Gasteiger partial charge in [-0.1, -0.05) is 12.1 Å². The lowest BCUT2D eigenvalue weighted by Gasteiger charge is -2.15. The van der Waals surface area contributed by atoms with Gasteiger partial charge in [0.25, 0.3) is 0 Å². The fourth-order valence-electron chi connectivity index (χ4n) is 1.84. The molecule has 3 N–H and O–H groups in total. The Morgan fingerprint density at radius 3 is 2.26 bits per heavy atom. The SMILES string of the molecule is Cn1cc(C(NN)c2ccc(C(F)(F)F)cc2)cn1. The van der Waals surface area contributed by atoms with Crippen molar-refractivity contribution in [2.75, 3.05) is 0 Å². The molecule has 7 heteroatoms. The summed E-state index contributed by atoms with van der Waals surface area (Å²) in [7, 11) is 1.75. The van der Waals surface area contributed by atoms with Crippen LogP contribution >= 0.6 is 0 Å². The van der Waals surface area contributed by atoms with Crippen molar-refractivity contribution in [2.45, 2.75) is 12.2 Å². The summed E-state index contributed by atoms with van der Waals surface area (Å²) in [6, 6.07) is 4.49. The minimum absolute atomic E-state index is 0.393. The second-order valence-corrected chi connectivity index (χ2v) is 4.17. The predicted molar refractivity (Wildman–Crippen MR) is 63.8 cm³/mol. The van der Waals surface area contributed by atoms with Gasteiger partial charge in [0, 0.05) is 18.8 Å². The van der Waals surface area contributed by atoms with Gasteiger partial charge in [-0.05, 0) is 17.7 Å². The van der Waals surface area contributed by atoms with Gasteiger partial charge in [-0.15, -0.1) is 0 Å². The van der Waals surface area contributed by atoms with E-state index in [-0.39, 0.29) is 0 Å². The van der Waals surface area contributed by atoms with Crippen molar-refractivity contribution < 1.29 is 13.2 Å². The van der Waals surface area contributed by atoms with Crippen molar-refractivity contribution in [3.63, 3.8) is 0 Å². The monoisotopic (exact) mass is 270 g/mol. The van der Waals surface area contributed by atoms with Crippen LogP contribution in [0.1, 0.15) is 22.7 Å². The number of hydrogen-bond acceptors (Lipinski definition) is 3. The largest absolute Gasteiger partial charge is 0.416 e. The van der Waals surface area contributed by atoms with Crippen molar-refractivity contribution in [2.24, 2.45) is 12.9 Å². The van der Waals surface area contributed by atoms with E-state index in [2.05, 4.69) is 10.5 Å². The molecule has 0 fully saturated rings. The fourth-order valence-corrected chi connectivity index (χ4v) is 1.84. The van der Waals surface area contributed by atoms with Gasteiger partial charge in [0.15, 0.2) is 0 Å². The number of hydrogen-bond donors (Lipinski definition) is 2. The molecule has 0 saturated carbocycles. The zero-order valence-electron chi connectivity index (χ0n) is 10.1. The summed E-state index contributed by atoms with van der Waals surface area (Å²) in [6.45, 7) is 0. The van der Waals surface area contributed by atoms with E-state index in [9.17, 15) is 13.2 Å². The van der Waals surface area contributed by atoms with E-state index < -0.39 is 17.8 Å². The number of aryl methyl sites for hydroxylation is 1. The highest BCUT2D eigenvalue weighted by Gasteiger charge is 2.30. The number of nitrogens with two attached hydrogens (primary N) is 1. The van der Waals surface area contributed by atoms with E-state index in [1.54, 1.807) is 24.1 Å². The molecule has 0 radical (unpaired) electrons. The topological polar surface area (TPSA) is 55.9 Å². The molecule has 2 rings (SSSR count). The van der Waals surface area contributed by atoms with Gasteiger partial charge in [-0.2, -0.15) is 18.3 Å². The summed E-state index contributed by atoms with van der Waals surface area (Å²) in [5.74, 6) is 5.46. The number of halogens is 3. The van der Waals surface area contributed by atoms with Crippen molar-refractivity contribution in [3.05, 3.63) is 53.3 Å². The highest BCUT2D eigenvalue weighted by atomic mass is 19.4. The van der Waals surface area contributed by atoms with Crippen LogP contribution in [0, 0.1) is 0 Å². The van der Waals surface area contributed by atoms with Crippen LogP contribution < -0.4 is 11.3 Å². The molecule has 1 atom stereocenters. The second-order valence-electron chi connectivity index (χ2n) is 4.17. The van der Waals surface area contributed by atoms with Crippen molar-refractivity contribution in [1.82, 2.24) is 15.2 Å². The highest BCUT2D eigenvalue weighted by Crippen LogP contribution is 2.30. The van der Waals surface area contributed by atoms with Crippen LogP contribution in [0.5, 0.6) is 0 Å². The second kappa shape index (κ2) is 5.02. The molecule has 102 valence electrons. The number of benzene rings is 1. The van der Waals surface area contributed by atoms with Crippen LogP contribution in [0.4, 0.5) is 13.2 Å². The molecule has 0 spiro atoms. The number of aromatic nitrogens is 2. The van der Waals surface area contributed by atoms with Gasteiger partial charge in [0.05, 0.1) is 17.8 Å². The van der Waals surface area contributed by atoms with Crippen molar-refractivity contribution in [1.29, 1.82) is 0 Å². The Balaban J connectivity index is 2.30. The van der Waals surface area contributed by atoms with Crippen LogP contribution in [-0.2, 0) is 13.2 Å². The molecule has 0 bridgehead atoms. The number of nitrogens with zero attached hydrogens (tertiary/aromatic N) is 2. The summed E-state index contributed by atoms with van der Waals surface area (Å²) in [5, 5.41) is 4.01. The van der Waals surface area contributed by atoms with Gasteiger partial charge >= 0.3 is 6.18 Å². The highest BCUT2D eigenvalue weighted by molar-refractivity contribution is 5.32. The zero-order valence-corrected chi connectivity index (χ0v) is 10.1. The normalized spacial score (nSPS) is 13.5. The van der Waals surface area contributed by atoms with Gasteiger partial charge < -0.3 is 0 Å². The maximum atomic E-state index is 12.5. The van der Waals surface area contributed by atoms with Crippen molar-refractivity contribution >= 4 is 0 Å². The van der Waals surface area contributed by atoms with Gasteiger partial charge in [0.1, 0.15) is 0 Å². The van der Waals surface area contributed by atoms with Crippen LogP contribution in [0.15, 0.2) is 36.7 Å². The van der Waals surface area contributed by atoms with Crippen LogP contribution in [0.3, 0.4) is 0 Å². The molecule has 19 heavy (non-hydrogen) atoms. The van der Waals surface area contributed by atoms with E-state index >= 15 is 0 Å². The van der Waals surface area contributed by atoms with E-state index in [0.717, 1.165) is 17.7 Å². The average Bonchev–Trinajstić information content (AvgIpc) is 2.76. The number of nitrogens with one attached hydrogen (secondary N) is 1. The first kappa shape index (κ1) is 13.6. The fraction of sp³-hybridized carbons (Fsp3) is 0.250. The van der Waals surface area contributed by atoms with Crippen molar-refractivity contribution in [3.8, 4) is 0 Å². The van der Waals surface area contributed by atoms with Gasteiger partial charge in [-0.3, -0.25) is 10.5 Å². The standard InChI is InChI=1S/C12H13F3N4/c1-19-7-9(6-17-19)11(18-16)8-2-4-10(5-3-8)12(13,14)15/h2-7,11,18H,16H2,1H3. The first-order valence-electron chi connectivity index (χ1n) is 5.53. The third-order valence-electron chi connectivity index (χ3n) is 2.80. The Kier molecular flexibility index (Phi) is 3.59. The predicted octanol–water partition coefficient (Wildman–Crippen LogP) is 1.99. The summed E-state index contributed by atoms with van der Waals surface area (Å²) >= 11 is 0. The smallest absolute Gasteiger partial charge is 0.275 e. The van der Waals surface area contributed by atoms with Crippen LogP contribution in [0.25, 0.3) is 0 Å². The molecule has 0 aliphatic rings. The first-order valence-corrected chi connectivity index (χ1v) is 5.53. The summed E-state index contributed by atoms with van der Waals surface area (Å²) < 4.78 is 39.0. The third-order valence-corrected chi connectivity index (χ3v) is 2.80. The number of alkyl halides is 3. The lowest BCUT2D eigenvalue weighted by atomic mass is 10.0. The average molecular weight is 270 g/mol. The molecule has 2 aromatic rings. The van der Waals surface area contributed by atoms with E-state index in [4.69, 9.17) is 5.84 Å². The molecular formula is C12H13F3N4. The minimum Gasteiger partial charge on any atom is -0.275 e. The van der Waals surface area contributed by atoms with Gasteiger partial charge in [0.2, 0.25) is 0 Å². The molecular weight excluding hydrogens is 257 g/mol. The number of hydrazine groups is 1. The van der Waals surface area contributed by atoms with Gasteiger partial charge in [-0.25, -0.2) is 5.43 Å². The lowest BCUT2D eigenvalue weighted by Crippen LogP contribution is -2.28. The Labute approximate surface area is 108 Å². The Morgan fingerprint density at radius 2 is 1.84 bits per heavy atom. The Bertz CT molecular complexity index is 545. The van der Waals surface area contributed by atoms with Crippen LogP contribution in [-0.4, -0.2) is 9.78 Å². The third kappa shape index (κ3) is 2.94. The molecule has 1 aromatic heterocycles. The Hall–Kier alpha value is -1.86. The lowest BCUT2D eigenvalue weighted by molar-refractivity contribution is -0.137.